The molecular formula is C10H12N2O3. The second-order valence-electron chi connectivity index (χ2n) is 2.83. The number of methoxy groups -OCH3 is 2. The number of hydrogen-bond donors (Lipinski definition) is 2. The first kappa shape index (κ1) is 11.3. The molecule has 0 heterocycles. The van der Waals surface area contributed by atoms with Crippen LogP contribution in [0.5, 0.6) is 11.5 Å². The first-order valence-corrected chi connectivity index (χ1v) is 4.28. The van der Waals surface area contributed by atoms with Gasteiger partial charge in [0.25, 0.3) is 0 Å². The van der Waals surface area contributed by atoms with Crippen molar-refractivity contribution in [1.29, 1.82) is 5.26 Å². The number of nitrogens with one attached hydrogen (secondary N) is 1. The fourth-order valence-corrected chi connectivity index (χ4v) is 1.30. The predicted octanol–water partition coefficient (Wildman–Crippen LogP) is 1.05. The van der Waals surface area contributed by atoms with Gasteiger partial charge in [-0.05, 0) is 17.7 Å². The Hall–Kier alpha value is -1.77. The highest BCUT2D eigenvalue weighted by Gasteiger charge is 2.11. The smallest absolute Gasteiger partial charge is 0.178 e. The van der Waals surface area contributed by atoms with Gasteiger partial charge in [0.15, 0.2) is 11.5 Å². The largest absolute Gasteiger partial charge is 0.493 e. The molecule has 0 aliphatic rings. The molecule has 5 heteroatoms. The molecular weight excluding hydrogens is 196 g/mol. The molecule has 0 saturated carbocycles. The quantitative estimate of drug-likeness (QED) is 0.723. The van der Waals surface area contributed by atoms with E-state index in [1.165, 1.54) is 14.2 Å². The zero-order valence-corrected chi connectivity index (χ0v) is 8.57. The number of rotatable bonds is 4. The van der Waals surface area contributed by atoms with E-state index in [-0.39, 0.29) is 6.54 Å². The van der Waals surface area contributed by atoms with Gasteiger partial charge in [-0.1, -0.05) is 0 Å². The van der Waals surface area contributed by atoms with Crippen LogP contribution in [0.4, 0.5) is 0 Å². The van der Waals surface area contributed by atoms with Crippen LogP contribution in [0.2, 0.25) is 0 Å². The summed E-state index contributed by atoms with van der Waals surface area (Å²) in [5.74, 6) is 0.878. The minimum Gasteiger partial charge on any atom is -0.493 e. The van der Waals surface area contributed by atoms with Crippen molar-refractivity contribution < 1.29 is 14.7 Å². The molecule has 1 aromatic carbocycles. The number of hydrogen-bond acceptors (Lipinski definition) is 5. The molecule has 0 aromatic heterocycles. The standard InChI is InChI=1S/C10H12N2O3/c1-14-9-4-7(6-12-13)3-8(5-11)10(9)15-2/h3-4,12-13H,6H2,1-2H3. The van der Waals surface area contributed by atoms with Gasteiger partial charge in [0.1, 0.15) is 6.07 Å². The summed E-state index contributed by atoms with van der Waals surface area (Å²) in [5, 5.41) is 17.5. The Morgan fingerprint density at radius 2 is 2.13 bits per heavy atom. The molecule has 0 spiro atoms. The van der Waals surface area contributed by atoms with Gasteiger partial charge in [0.05, 0.1) is 19.8 Å². The minimum atomic E-state index is 0.245. The molecule has 0 aliphatic carbocycles. The molecule has 0 unspecified atom stereocenters. The maximum atomic E-state index is 8.89. The summed E-state index contributed by atoms with van der Waals surface area (Å²) in [6, 6.07) is 5.33. The van der Waals surface area contributed by atoms with Gasteiger partial charge < -0.3 is 14.7 Å². The Morgan fingerprint density at radius 3 is 2.60 bits per heavy atom. The number of nitrogens with zero attached hydrogens (tertiary/aromatic N) is 1. The fraction of sp³-hybridized carbons (Fsp3) is 0.300. The molecule has 0 radical (unpaired) electrons. The van der Waals surface area contributed by atoms with E-state index in [0.29, 0.717) is 17.1 Å². The molecule has 1 aromatic rings. The van der Waals surface area contributed by atoms with Crippen molar-refractivity contribution in [3.8, 4) is 17.6 Å². The molecule has 0 amide bonds. The summed E-state index contributed by atoms with van der Waals surface area (Å²) in [4.78, 5) is 0. The summed E-state index contributed by atoms with van der Waals surface area (Å²) in [5.41, 5.74) is 3.14. The van der Waals surface area contributed by atoms with E-state index in [1.54, 1.807) is 12.1 Å². The molecule has 0 bridgehead atoms. The molecule has 0 atom stereocenters. The molecule has 80 valence electrons. The third kappa shape index (κ3) is 2.37. The van der Waals surface area contributed by atoms with Crippen LogP contribution in [0, 0.1) is 11.3 Å². The Bertz CT molecular complexity index is 385. The molecule has 1 rings (SSSR count). The highest BCUT2D eigenvalue weighted by atomic mass is 16.5. The Labute approximate surface area is 87.8 Å². The SMILES string of the molecule is COc1cc(CNO)cc(C#N)c1OC. The maximum Gasteiger partial charge on any atom is 0.178 e. The summed E-state index contributed by atoms with van der Waals surface area (Å²) in [7, 11) is 2.97. The van der Waals surface area contributed by atoms with E-state index in [4.69, 9.17) is 19.9 Å². The van der Waals surface area contributed by atoms with Gasteiger partial charge in [-0.3, -0.25) is 0 Å². The molecule has 0 aliphatic heterocycles. The van der Waals surface area contributed by atoms with Crippen molar-refractivity contribution in [1.82, 2.24) is 5.48 Å². The highest BCUT2D eigenvalue weighted by Crippen LogP contribution is 2.31. The first-order valence-electron chi connectivity index (χ1n) is 4.28. The van der Waals surface area contributed by atoms with Gasteiger partial charge in [0.2, 0.25) is 0 Å². The van der Waals surface area contributed by atoms with Crippen molar-refractivity contribution in [2.24, 2.45) is 0 Å². The third-order valence-electron chi connectivity index (χ3n) is 1.94. The number of hydroxylamine groups is 1. The topological polar surface area (TPSA) is 74.5 Å². The Balaban J connectivity index is 3.24. The van der Waals surface area contributed by atoms with Crippen LogP contribution in [0.25, 0.3) is 0 Å². The van der Waals surface area contributed by atoms with Gasteiger partial charge >= 0.3 is 0 Å². The van der Waals surface area contributed by atoms with E-state index in [9.17, 15) is 0 Å². The average Bonchev–Trinajstić information content (AvgIpc) is 2.28. The van der Waals surface area contributed by atoms with Gasteiger partial charge in [-0.15, -0.1) is 0 Å². The summed E-state index contributed by atoms with van der Waals surface area (Å²) < 4.78 is 10.1. The first-order chi connectivity index (χ1) is 7.26. The number of nitriles is 1. The van der Waals surface area contributed by atoms with Crippen molar-refractivity contribution in [3.63, 3.8) is 0 Å². The van der Waals surface area contributed by atoms with Crippen molar-refractivity contribution in [3.05, 3.63) is 23.3 Å². The lowest BCUT2D eigenvalue weighted by atomic mass is 10.1. The zero-order chi connectivity index (χ0) is 11.3. The summed E-state index contributed by atoms with van der Waals surface area (Å²) in [6.07, 6.45) is 0. The average molecular weight is 208 g/mol. The van der Waals surface area contributed by atoms with Crippen LogP contribution in [0.1, 0.15) is 11.1 Å². The number of ether oxygens (including phenoxy) is 2. The molecule has 15 heavy (non-hydrogen) atoms. The van der Waals surface area contributed by atoms with Gasteiger partial charge in [-0.25, -0.2) is 5.48 Å². The van der Waals surface area contributed by atoms with E-state index in [2.05, 4.69) is 0 Å². The molecule has 2 N–H and O–H groups in total. The van der Waals surface area contributed by atoms with Crippen molar-refractivity contribution >= 4 is 0 Å². The second kappa shape index (κ2) is 5.20. The maximum absolute atomic E-state index is 8.89. The van der Waals surface area contributed by atoms with Crippen LogP contribution in [-0.2, 0) is 6.54 Å². The van der Waals surface area contributed by atoms with Crippen LogP contribution < -0.4 is 15.0 Å². The van der Waals surface area contributed by atoms with E-state index in [1.807, 2.05) is 11.5 Å². The monoisotopic (exact) mass is 208 g/mol. The van der Waals surface area contributed by atoms with E-state index in [0.717, 1.165) is 5.56 Å². The van der Waals surface area contributed by atoms with Gasteiger partial charge in [0, 0.05) is 6.54 Å². The second-order valence-corrected chi connectivity index (χ2v) is 2.83. The molecule has 0 saturated heterocycles. The number of benzene rings is 1. The van der Waals surface area contributed by atoms with Gasteiger partial charge in [-0.2, -0.15) is 5.26 Å². The Kier molecular flexibility index (Phi) is 3.92. The summed E-state index contributed by atoms with van der Waals surface area (Å²) >= 11 is 0. The van der Waals surface area contributed by atoms with Crippen molar-refractivity contribution in [2.75, 3.05) is 14.2 Å². The highest BCUT2D eigenvalue weighted by molar-refractivity contribution is 5.54. The van der Waals surface area contributed by atoms with E-state index < -0.39 is 0 Å². The minimum absolute atomic E-state index is 0.245. The lowest BCUT2D eigenvalue weighted by Crippen LogP contribution is -2.07. The lowest BCUT2D eigenvalue weighted by Gasteiger charge is -2.11. The van der Waals surface area contributed by atoms with Crippen LogP contribution in [0.3, 0.4) is 0 Å². The van der Waals surface area contributed by atoms with E-state index >= 15 is 0 Å². The zero-order valence-electron chi connectivity index (χ0n) is 8.57. The third-order valence-corrected chi connectivity index (χ3v) is 1.94. The normalized spacial score (nSPS) is 9.47. The van der Waals surface area contributed by atoms with Crippen LogP contribution in [0.15, 0.2) is 12.1 Å². The van der Waals surface area contributed by atoms with Crippen LogP contribution in [-0.4, -0.2) is 19.4 Å². The van der Waals surface area contributed by atoms with Crippen molar-refractivity contribution in [2.45, 2.75) is 6.54 Å². The Morgan fingerprint density at radius 1 is 1.40 bits per heavy atom. The molecule has 5 nitrogen and oxygen atoms in total. The summed E-state index contributed by atoms with van der Waals surface area (Å²) in [6.45, 7) is 0.245. The predicted molar refractivity (Wildman–Crippen MR) is 52.9 cm³/mol. The molecule has 0 fully saturated rings. The fourth-order valence-electron chi connectivity index (χ4n) is 1.30. The van der Waals surface area contributed by atoms with Crippen LogP contribution >= 0.6 is 0 Å². The lowest BCUT2D eigenvalue weighted by molar-refractivity contribution is 0.161.